The van der Waals surface area contributed by atoms with E-state index in [1.165, 1.54) is 54.4 Å². The number of allylic oxidation sites excluding steroid dienone is 2. The summed E-state index contributed by atoms with van der Waals surface area (Å²) in [6.07, 6.45) is 16.8. The van der Waals surface area contributed by atoms with Crippen LogP contribution in [0, 0.1) is 34.9 Å². The Kier molecular flexibility index (Phi) is 18.9. The highest BCUT2D eigenvalue weighted by Gasteiger charge is 2.44. The van der Waals surface area contributed by atoms with E-state index in [0.29, 0.717) is 53.6 Å². The lowest BCUT2D eigenvalue weighted by Gasteiger charge is -2.38. The quantitative estimate of drug-likeness (QED) is 0.0800. The third-order valence-electron chi connectivity index (χ3n) is 16.7. The molecule has 3 saturated heterocycles. The normalized spacial score (nSPS) is 23.1. The van der Waals surface area contributed by atoms with E-state index in [9.17, 15) is 38.0 Å². The van der Waals surface area contributed by atoms with Gasteiger partial charge in [0.2, 0.25) is 23.6 Å². The SMILES string of the molecule is CN[C@H](C)C(=O)N[C@@H](C(=O)N1CCC[C@@H]1C1=NC(C(=O)c2ccc(F)cc2)CS1)C1CCN(CCCCCCCCC(=O)NCCn2nc3c(c2C#N)-c2cnc(N)c(n2)N2CCC[C@@H]2C2C=C(F)C=CC2C(=O)N(C)C3)CC1. The molecule has 1 aromatic carbocycles. The van der Waals surface area contributed by atoms with Crippen LogP contribution in [0.25, 0.3) is 11.3 Å². The van der Waals surface area contributed by atoms with Crippen molar-refractivity contribution in [2.24, 2.45) is 22.7 Å². The van der Waals surface area contributed by atoms with Gasteiger partial charge in [-0.1, -0.05) is 31.8 Å². The van der Waals surface area contributed by atoms with Gasteiger partial charge in [0.05, 0.1) is 59.3 Å². The number of fused-ring (bicyclic) bond motifs is 8. The first-order valence-corrected chi connectivity index (χ1v) is 29.2. The predicted molar refractivity (Wildman–Crippen MR) is 299 cm³/mol. The van der Waals surface area contributed by atoms with Crippen molar-refractivity contribution < 1.29 is 32.8 Å². The molecule has 0 spiro atoms. The number of unbranched alkanes of at least 4 members (excludes halogenated alkanes) is 5. The largest absolute Gasteiger partial charge is 0.381 e. The third-order valence-corrected chi connectivity index (χ3v) is 17.8. The maximum Gasteiger partial charge on any atom is 0.246 e. The molecular formula is C57H74F2N14O5S. The van der Waals surface area contributed by atoms with E-state index in [2.05, 4.69) is 31.9 Å². The highest BCUT2D eigenvalue weighted by Crippen LogP contribution is 2.41. The van der Waals surface area contributed by atoms with Crippen LogP contribution in [0.3, 0.4) is 0 Å². The van der Waals surface area contributed by atoms with Gasteiger partial charge in [-0.3, -0.25) is 33.6 Å². The second-order valence-corrected chi connectivity index (χ2v) is 22.9. The third kappa shape index (κ3) is 13.2. The number of carbonyl (C=O) groups excluding carboxylic acids is 5. The second kappa shape index (κ2) is 26.1. The average Bonchev–Trinajstić information content (AvgIpc) is 4.36. The van der Waals surface area contributed by atoms with Crippen molar-refractivity contribution in [2.45, 2.75) is 134 Å². The van der Waals surface area contributed by atoms with Crippen LogP contribution in [-0.2, 0) is 32.3 Å². The summed E-state index contributed by atoms with van der Waals surface area (Å²) in [5, 5.41) is 25.2. The maximum absolute atomic E-state index is 14.8. The summed E-state index contributed by atoms with van der Waals surface area (Å²) >= 11 is 1.50. The molecule has 3 fully saturated rings. The molecule has 5 aliphatic heterocycles. The molecule has 19 nitrogen and oxygen atoms in total. The van der Waals surface area contributed by atoms with Crippen molar-refractivity contribution in [1.82, 2.24) is 50.4 Å². The fourth-order valence-electron chi connectivity index (χ4n) is 12.2. The number of hydrogen-bond acceptors (Lipinski definition) is 15. The lowest BCUT2D eigenvalue weighted by atomic mass is 9.80. The summed E-state index contributed by atoms with van der Waals surface area (Å²) in [4.78, 5) is 90.3. The highest BCUT2D eigenvalue weighted by atomic mass is 32.2. The molecular weight excluding hydrogens is 1030 g/mol. The van der Waals surface area contributed by atoms with Crippen LogP contribution in [0.1, 0.15) is 112 Å². The van der Waals surface area contributed by atoms with Gasteiger partial charge >= 0.3 is 0 Å². The number of benzene rings is 1. The number of likely N-dealkylation sites (tertiary alicyclic amines) is 2. The molecule has 2 aromatic heterocycles. The van der Waals surface area contributed by atoms with Crippen LogP contribution in [0.4, 0.5) is 20.4 Å². The fourth-order valence-corrected chi connectivity index (χ4v) is 13.4. The van der Waals surface area contributed by atoms with Gasteiger partial charge in [0.1, 0.15) is 35.5 Å². The molecule has 5 N–H and O–H groups in total. The van der Waals surface area contributed by atoms with Crippen LogP contribution < -0.4 is 26.6 Å². The Morgan fingerprint density at radius 3 is 2.47 bits per heavy atom. The van der Waals surface area contributed by atoms with E-state index in [0.717, 1.165) is 102 Å². The Balaban J connectivity index is 0.708. The van der Waals surface area contributed by atoms with Crippen LogP contribution in [-0.4, -0.2) is 158 Å². The summed E-state index contributed by atoms with van der Waals surface area (Å²) < 4.78 is 29.8. The van der Waals surface area contributed by atoms with Crippen LogP contribution in [0.15, 0.2) is 59.5 Å². The fraction of sp³-hybridized carbons (Fsp3) is 0.579. The van der Waals surface area contributed by atoms with Crippen molar-refractivity contribution in [3.05, 3.63) is 77.3 Å². The minimum Gasteiger partial charge on any atom is -0.381 e. The summed E-state index contributed by atoms with van der Waals surface area (Å²) in [5.74, 6) is -1.55. The van der Waals surface area contributed by atoms with Gasteiger partial charge < -0.3 is 41.3 Å². The smallest absolute Gasteiger partial charge is 0.246 e. The van der Waals surface area contributed by atoms with Crippen molar-refractivity contribution in [3.8, 4) is 17.3 Å². The average molecular weight is 1110 g/mol. The lowest BCUT2D eigenvalue weighted by molar-refractivity contribution is -0.138. The molecule has 3 aromatic rings. The number of nitrogens with one attached hydrogen (secondary N) is 3. The number of nitrogen functional groups attached to an aromatic ring is 1. The van der Waals surface area contributed by atoms with E-state index >= 15 is 0 Å². The van der Waals surface area contributed by atoms with E-state index < -0.39 is 41.6 Å². The predicted octanol–water partition coefficient (Wildman–Crippen LogP) is 5.57. The number of likely N-dealkylation sites (N-methyl/N-ethyl adjacent to an activating group) is 1. The molecule has 422 valence electrons. The Bertz CT molecular complexity index is 2860. The molecule has 22 heteroatoms. The number of thioether (sulfide) groups is 1. The molecule has 2 bridgehead atoms. The van der Waals surface area contributed by atoms with Gasteiger partial charge in [-0.2, -0.15) is 10.4 Å². The van der Waals surface area contributed by atoms with Crippen LogP contribution >= 0.6 is 11.8 Å². The maximum atomic E-state index is 14.8. The van der Waals surface area contributed by atoms with Gasteiger partial charge in [0, 0.05) is 56.4 Å². The number of aromatic nitrogens is 4. The van der Waals surface area contributed by atoms with Gasteiger partial charge in [-0.15, -0.1) is 11.8 Å². The Hall–Kier alpha value is -6.57. The monoisotopic (exact) mass is 1100 g/mol. The number of nitriles is 1. The first-order valence-electron chi connectivity index (χ1n) is 28.2. The van der Waals surface area contributed by atoms with Crippen molar-refractivity contribution in [1.29, 1.82) is 5.26 Å². The molecule has 4 amide bonds. The number of carbonyl (C=O) groups is 5. The standard InChI is InChI=1S/C57H74F2N14O5S/c1-35(62-2)54(76)67-50(57(78)72-26-11-13-46(72)55-66-44(34-79-55)51(75)37-15-17-38(58)18-16-37)36-21-27-70(28-22-36)24-9-7-5-4-6-8-14-48(74)63-23-29-73-47(31-60)49-42-32-64-52(61)53(65-42)71-25-10-12-45(71)41-30-39(59)19-20-40(41)56(77)69(3)33-43(49)68-73/h15-20,30,32,35-36,40-41,44-46,50,62H,4-14,21-29,33-34H2,1-3H3,(H2,61,64)(H,63,74)(H,67,76)/t35-,40?,41?,44?,45-,46-,50-/m1/s1. The molecule has 7 atom stereocenters. The van der Waals surface area contributed by atoms with Gasteiger partial charge in [-0.05, 0) is 127 Å². The van der Waals surface area contributed by atoms with Gasteiger partial charge in [0.25, 0.3) is 0 Å². The number of piperidine rings is 1. The number of hydrogen-bond donors (Lipinski definition) is 4. The van der Waals surface area contributed by atoms with E-state index in [-0.39, 0.29) is 78.6 Å². The molecule has 9 rings (SSSR count). The van der Waals surface area contributed by atoms with Crippen molar-refractivity contribution >= 4 is 57.9 Å². The number of amides is 4. The molecule has 0 radical (unpaired) electrons. The number of aliphatic imine (C=N–C) groups is 1. The Morgan fingerprint density at radius 2 is 1.71 bits per heavy atom. The molecule has 7 heterocycles. The van der Waals surface area contributed by atoms with Crippen molar-refractivity contribution in [2.75, 3.05) is 69.8 Å². The van der Waals surface area contributed by atoms with Gasteiger partial charge in [0.15, 0.2) is 17.4 Å². The summed E-state index contributed by atoms with van der Waals surface area (Å²) in [6, 6.07) is 5.57. The first-order chi connectivity index (χ1) is 38.2. The molecule has 6 aliphatic rings. The zero-order valence-electron chi connectivity index (χ0n) is 45.5. The number of rotatable bonds is 20. The van der Waals surface area contributed by atoms with Crippen LogP contribution in [0.2, 0.25) is 0 Å². The number of nitrogens with two attached hydrogens (primary N) is 1. The minimum atomic E-state index is -0.675. The second-order valence-electron chi connectivity index (χ2n) is 21.8. The highest BCUT2D eigenvalue weighted by molar-refractivity contribution is 8.14. The summed E-state index contributed by atoms with van der Waals surface area (Å²) in [7, 11) is 3.40. The zero-order valence-corrected chi connectivity index (χ0v) is 46.4. The Morgan fingerprint density at radius 1 is 0.962 bits per heavy atom. The number of ketones is 1. The molecule has 3 unspecified atom stereocenters. The van der Waals surface area contributed by atoms with E-state index in [1.54, 1.807) is 36.7 Å². The number of halogens is 2. The molecule has 1 aliphatic carbocycles. The first kappa shape index (κ1) is 57.1. The Labute approximate surface area is 465 Å². The zero-order chi connectivity index (χ0) is 55.7. The molecule has 79 heavy (non-hydrogen) atoms. The summed E-state index contributed by atoms with van der Waals surface area (Å²) in [6.45, 7) is 6.07. The number of anilines is 2. The number of Topliss-reactive ketones (excluding diaryl/α,β-unsaturated/α-hetero) is 1. The van der Waals surface area contributed by atoms with Crippen LogP contribution in [0.5, 0.6) is 0 Å². The van der Waals surface area contributed by atoms with Gasteiger partial charge in [-0.25, -0.2) is 18.7 Å². The topological polar surface area (TPSA) is 240 Å². The molecule has 0 saturated carbocycles. The lowest BCUT2D eigenvalue weighted by Crippen LogP contribution is -2.58. The van der Waals surface area contributed by atoms with E-state index in [4.69, 9.17) is 20.8 Å². The number of nitrogens with zero attached hydrogens (tertiary/aromatic N) is 10. The van der Waals surface area contributed by atoms with E-state index in [1.807, 2.05) is 9.80 Å². The minimum absolute atomic E-state index is 0.0279. The summed E-state index contributed by atoms with van der Waals surface area (Å²) in [5.41, 5.74) is 8.36. The van der Waals surface area contributed by atoms with Crippen molar-refractivity contribution in [3.63, 3.8) is 0 Å².